The number of rotatable bonds is 3. The molecule has 0 radical (unpaired) electrons. The van der Waals surface area contributed by atoms with Crippen LogP contribution in [0.1, 0.15) is 12.8 Å². The number of hydrogen-bond acceptors (Lipinski definition) is 8. The van der Waals surface area contributed by atoms with Gasteiger partial charge in [-0.05, 0) is 59.6 Å². The van der Waals surface area contributed by atoms with Gasteiger partial charge in [0, 0.05) is 27.8 Å². The van der Waals surface area contributed by atoms with E-state index >= 15 is 0 Å². The van der Waals surface area contributed by atoms with Gasteiger partial charge in [-0.25, -0.2) is 8.42 Å². The SMILES string of the molecule is O=C1OCCC1Br.O=C1OCCC1S(=O)(=O)c1ccc(Cl)cc1.O=S([O-])c1ccc(Cl)cc1.[Na+]. The van der Waals surface area contributed by atoms with Gasteiger partial charge in [0.05, 0.1) is 18.1 Å². The van der Waals surface area contributed by atoms with Crippen LogP contribution in [-0.4, -0.2) is 52.4 Å². The fraction of sp³-hybridized carbons (Fsp3) is 0.300. The van der Waals surface area contributed by atoms with Gasteiger partial charge in [-0.2, -0.15) is 0 Å². The van der Waals surface area contributed by atoms with Crippen LogP contribution in [0.2, 0.25) is 10.0 Å². The average Bonchev–Trinajstić information content (AvgIpc) is 3.37. The second kappa shape index (κ2) is 14.9. The van der Waals surface area contributed by atoms with Crippen LogP contribution < -0.4 is 29.6 Å². The number of sulfone groups is 1. The molecule has 2 heterocycles. The summed E-state index contributed by atoms with van der Waals surface area (Å²) in [5.74, 6) is -0.796. The van der Waals surface area contributed by atoms with E-state index in [4.69, 9.17) is 23.2 Å². The molecular formula is C20H18BrCl2NaO8S2. The van der Waals surface area contributed by atoms with E-state index in [9.17, 15) is 26.8 Å². The van der Waals surface area contributed by atoms with E-state index in [1.54, 1.807) is 0 Å². The zero-order valence-corrected chi connectivity index (χ0v) is 24.5. The third-order valence-electron chi connectivity index (χ3n) is 4.28. The van der Waals surface area contributed by atoms with Gasteiger partial charge in [-0.3, -0.25) is 13.8 Å². The van der Waals surface area contributed by atoms with Crippen LogP contribution in [0.25, 0.3) is 0 Å². The first kappa shape index (κ1) is 31.5. The molecule has 0 saturated carbocycles. The van der Waals surface area contributed by atoms with Crippen LogP contribution in [0.3, 0.4) is 0 Å². The van der Waals surface area contributed by atoms with Crippen LogP contribution in [-0.2, 0) is 40.0 Å². The molecule has 3 atom stereocenters. The molecule has 34 heavy (non-hydrogen) atoms. The average molecular weight is 624 g/mol. The predicted molar refractivity (Wildman–Crippen MR) is 125 cm³/mol. The monoisotopic (exact) mass is 622 g/mol. The Kier molecular flexibility index (Phi) is 13.8. The molecule has 2 aliphatic heterocycles. The number of carbonyl (C=O) groups excluding carboxylic acids is 2. The summed E-state index contributed by atoms with van der Waals surface area (Å²) >= 11 is 12.2. The number of esters is 2. The summed E-state index contributed by atoms with van der Waals surface area (Å²) in [7, 11) is -3.64. The Morgan fingerprint density at radius 3 is 1.71 bits per heavy atom. The minimum atomic E-state index is -3.64. The second-order valence-electron chi connectivity index (χ2n) is 6.56. The summed E-state index contributed by atoms with van der Waals surface area (Å²) in [5.41, 5.74) is 0. The number of benzene rings is 2. The number of ether oxygens (including phenoxy) is 2. The van der Waals surface area contributed by atoms with Gasteiger partial charge in [-0.15, -0.1) is 0 Å². The van der Waals surface area contributed by atoms with E-state index in [1.165, 1.54) is 48.5 Å². The van der Waals surface area contributed by atoms with Crippen LogP contribution >= 0.6 is 39.1 Å². The Morgan fingerprint density at radius 1 is 0.882 bits per heavy atom. The van der Waals surface area contributed by atoms with Gasteiger partial charge in [0.1, 0.15) is 4.83 Å². The fourth-order valence-electron chi connectivity index (χ4n) is 2.56. The summed E-state index contributed by atoms with van der Waals surface area (Å²) in [4.78, 5) is 21.9. The summed E-state index contributed by atoms with van der Waals surface area (Å²) in [6.45, 7) is 0.741. The van der Waals surface area contributed by atoms with Crippen LogP contribution in [0.15, 0.2) is 58.3 Å². The molecule has 0 spiro atoms. The van der Waals surface area contributed by atoms with Crippen molar-refractivity contribution in [2.75, 3.05) is 13.2 Å². The summed E-state index contributed by atoms with van der Waals surface area (Å²) in [6, 6.07) is 11.7. The van der Waals surface area contributed by atoms with E-state index < -0.39 is 32.1 Å². The molecule has 0 aromatic heterocycles. The maximum atomic E-state index is 12.0. The Balaban J connectivity index is 0.000000275. The number of cyclic esters (lactones) is 2. The molecule has 2 fully saturated rings. The van der Waals surface area contributed by atoms with Crippen molar-refractivity contribution in [3.63, 3.8) is 0 Å². The summed E-state index contributed by atoms with van der Waals surface area (Å²) in [6.07, 6.45) is 1.03. The summed E-state index contributed by atoms with van der Waals surface area (Å²) < 4.78 is 53.8. The van der Waals surface area contributed by atoms with Crippen molar-refractivity contribution in [3.8, 4) is 0 Å². The Bertz CT molecular complexity index is 1100. The van der Waals surface area contributed by atoms with Crippen molar-refractivity contribution < 1.29 is 65.8 Å². The first-order valence-electron chi connectivity index (χ1n) is 9.34. The molecule has 0 bridgehead atoms. The molecule has 4 rings (SSSR count). The van der Waals surface area contributed by atoms with Gasteiger partial charge >= 0.3 is 41.5 Å². The zero-order chi connectivity index (χ0) is 24.6. The van der Waals surface area contributed by atoms with Crippen LogP contribution in [0.4, 0.5) is 0 Å². The van der Waals surface area contributed by atoms with E-state index in [1.807, 2.05) is 0 Å². The number of carbonyl (C=O) groups is 2. The molecule has 0 N–H and O–H groups in total. The topological polar surface area (TPSA) is 127 Å². The number of alkyl halides is 1. The van der Waals surface area contributed by atoms with Gasteiger partial charge in [0.25, 0.3) is 0 Å². The third-order valence-corrected chi connectivity index (χ3v) is 8.38. The van der Waals surface area contributed by atoms with E-state index in [-0.39, 0.29) is 63.2 Å². The van der Waals surface area contributed by atoms with Crippen molar-refractivity contribution in [2.24, 2.45) is 0 Å². The largest absolute Gasteiger partial charge is 1.00 e. The Labute approximate surface area is 240 Å². The van der Waals surface area contributed by atoms with E-state index in [0.29, 0.717) is 16.7 Å². The molecule has 2 aromatic rings. The van der Waals surface area contributed by atoms with Crippen LogP contribution in [0.5, 0.6) is 0 Å². The molecule has 180 valence electrons. The van der Waals surface area contributed by atoms with Crippen LogP contribution in [0, 0.1) is 0 Å². The third kappa shape index (κ3) is 9.51. The molecule has 8 nitrogen and oxygen atoms in total. The second-order valence-corrected chi connectivity index (χ2v) is 11.6. The normalized spacial score (nSPS) is 19.9. The number of halogens is 3. The first-order valence-corrected chi connectivity index (χ1v) is 13.6. The molecule has 3 unspecified atom stereocenters. The van der Waals surface area contributed by atoms with Crippen molar-refractivity contribution in [3.05, 3.63) is 58.6 Å². The van der Waals surface area contributed by atoms with E-state index in [2.05, 4.69) is 25.4 Å². The van der Waals surface area contributed by atoms with Gasteiger partial charge < -0.3 is 14.0 Å². The molecule has 0 aliphatic carbocycles. The first-order chi connectivity index (χ1) is 15.5. The minimum Gasteiger partial charge on any atom is -0.768 e. The van der Waals surface area contributed by atoms with Gasteiger partial charge in [0.15, 0.2) is 15.1 Å². The van der Waals surface area contributed by atoms with E-state index in [0.717, 1.165) is 6.42 Å². The summed E-state index contributed by atoms with van der Waals surface area (Å²) in [5, 5.41) is -0.0872. The fourth-order valence-corrected chi connectivity index (χ4v) is 5.07. The Hall–Kier alpha value is -0.500. The Morgan fingerprint density at radius 2 is 1.35 bits per heavy atom. The van der Waals surface area contributed by atoms with Crippen molar-refractivity contribution >= 4 is 72.0 Å². The predicted octanol–water partition coefficient (Wildman–Crippen LogP) is 0.708. The van der Waals surface area contributed by atoms with Crippen molar-refractivity contribution in [1.29, 1.82) is 0 Å². The molecule has 14 heteroatoms. The maximum Gasteiger partial charge on any atom is 1.00 e. The molecular weight excluding hydrogens is 606 g/mol. The van der Waals surface area contributed by atoms with Crippen molar-refractivity contribution in [1.82, 2.24) is 0 Å². The quantitative estimate of drug-likeness (QED) is 0.212. The standard InChI is InChI=1S/C10H9ClO4S.C6H5ClO2S.C4H5BrO2.Na/c11-7-1-3-8(4-2-7)16(13,14)9-5-6-15-10(9)12;7-5-1-3-6(4-2-5)10(8)9;5-3-1-2-7-4(3)6;/h1-4,9H,5-6H2;1-4H,(H,8,9);3H,1-2H2;/q;;;+1/p-1. The number of hydrogen-bond donors (Lipinski definition) is 0. The minimum absolute atomic E-state index is 0. The van der Waals surface area contributed by atoms with Gasteiger partial charge in [0.2, 0.25) is 0 Å². The molecule has 2 saturated heterocycles. The molecule has 0 amide bonds. The maximum absolute atomic E-state index is 12.0. The molecule has 2 aliphatic rings. The van der Waals surface area contributed by atoms with Crippen molar-refractivity contribution in [2.45, 2.75) is 32.7 Å². The van der Waals surface area contributed by atoms with Gasteiger partial charge in [-0.1, -0.05) is 39.1 Å². The zero-order valence-electron chi connectivity index (χ0n) is 17.8. The smallest absolute Gasteiger partial charge is 0.768 e. The molecule has 2 aromatic carbocycles.